The Morgan fingerprint density at radius 3 is 1.23 bits per heavy atom. The third kappa shape index (κ3) is 3.48. The van der Waals surface area contributed by atoms with Gasteiger partial charge in [0.25, 0.3) is 0 Å². The molecule has 6 nitrogen and oxygen atoms in total. The second-order valence-electron chi connectivity index (χ2n) is 12.1. The number of para-hydroxylation sites is 2. The van der Waals surface area contributed by atoms with Gasteiger partial charge in [-0.3, -0.25) is 9.97 Å². The van der Waals surface area contributed by atoms with Crippen molar-refractivity contribution in [2.75, 3.05) is 0 Å². The maximum Gasteiger partial charge on any atom is 0.187 e. The summed E-state index contributed by atoms with van der Waals surface area (Å²) in [4.78, 5) is 9.49. The lowest BCUT2D eigenvalue weighted by Gasteiger charge is -2.23. The molecule has 4 aromatic heterocycles. The molecule has 0 N–H and O–H groups in total. The summed E-state index contributed by atoms with van der Waals surface area (Å²) in [7, 11) is -7.19. The van der Waals surface area contributed by atoms with Gasteiger partial charge < -0.3 is 18.3 Å². The molecule has 0 saturated heterocycles. The van der Waals surface area contributed by atoms with Crippen LogP contribution < -0.4 is 10.6 Å². The summed E-state index contributed by atoms with van der Waals surface area (Å²) < 4.78 is 36.9. The van der Waals surface area contributed by atoms with E-state index < -0.39 is 14.3 Å². The predicted octanol–water partition coefficient (Wildman–Crippen LogP) is 9.61. The van der Waals surface area contributed by atoms with Crippen molar-refractivity contribution >= 4 is 79.6 Å². The summed E-state index contributed by atoms with van der Waals surface area (Å²) in [5.41, 5.74) is 6.43. The molecule has 0 amide bonds. The summed E-state index contributed by atoms with van der Waals surface area (Å²) in [5.74, 6) is 0. The monoisotopic (exact) mass is 656 g/mol. The Bertz CT molecular complexity index is 2540. The number of fused-ring (bicyclic) bond motifs is 6. The smallest absolute Gasteiger partial charge is 0.187 e. The molecule has 0 spiro atoms. The van der Waals surface area contributed by atoms with Crippen LogP contribution >= 0.6 is 14.3 Å². The third-order valence-corrected chi connectivity index (χ3v) is 15.9. The fraction of sp³-hybridized carbons (Fsp3) is 0. The maximum absolute atomic E-state index is 16.4. The highest BCUT2D eigenvalue weighted by Gasteiger charge is 2.52. The lowest BCUT2D eigenvalue weighted by molar-refractivity contribution is 0.589. The van der Waals surface area contributed by atoms with Crippen molar-refractivity contribution in [2.24, 2.45) is 0 Å². The Hall–Kier alpha value is -5.54. The quantitative estimate of drug-likeness (QED) is 0.177. The number of allylic oxidation sites excluding steroid dienone is 4. The van der Waals surface area contributed by atoms with Gasteiger partial charge in [-0.05, 0) is 48.6 Å². The van der Waals surface area contributed by atoms with E-state index in [1.54, 1.807) is 12.4 Å². The van der Waals surface area contributed by atoms with Crippen LogP contribution in [-0.4, -0.2) is 19.1 Å². The van der Waals surface area contributed by atoms with E-state index in [2.05, 4.69) is 21.3 Å². The van der Waals surface area contributed by atoms with E-state index in [-0.39, 0.29) is 0 Å². The van der Waals surface area contributed by atoms with E-state index >= 15 is 9.13 Å². The summed E-state index contributed by atoms with van der Waals surface area (Å²) in [5, 5.41) is 4.54. The van der Waals surface area contributed by atoms with Gasteiger partial charge in [0.15, 0.2) is 14.3 Å². The molecule has 4 aromatic carbocycles. The van der Waals surface area contributed by atoms with Crippen molar-refractivity contribution in [2.45, 2.75) is 0 Å². The van der Waals surface area contributed by atoms with Gasteiger partial charge in [-0.1, -0.05) is 97.1 Å². The van der Waals surface area contributed by atoms with Crippen molar-refractivity contribution in [1.82, 2.24) is 19.1 Å². The summed E-state index contributed by atoms with van der Waals surface area (Å²) in [6, 6.07) is 43.3. The molecule has 0 radical (unpaired) electrons. The van der Waals surface area contributed by atoms with Crippen LogP contribution in [0.25, 0.3) is 54.7 Å². The van der Waals surface area contributed by atoms with Gasteiger partial charge in [0, 0.05) is 44.4 Å². The average molecular weight is 657 g/mol. The van der Waals surface area contributed by atoms with Crippen LogP contribution in [0.5, 0.6) is 0 Å². The summed E-state index contributed by atoms with van der Waals surface area (Å²) >= 11 is 0. The van der Waals surface area contributed by atoms with Crippen LogP contribution in [0.2, 0.25) is 0 Å². The average Bonchev–Trinajstić information content (AvgIpc) is 3.84. The van der Waals surface area contributed by atoms with Crippen molar-refractivity contribution in [3.63, 3.8) is 0 Å². The normalized spacial score (nSPS) is 20.6. The Labute approximate surface area is 275 Å². The van der Waals surface area contributed by atoms with Gasteiger partial charge >= 0.3 is 0 Å². The van der Waals surface area contributed by atoms with Crippen molar-refractivity contribution < 1.29 is 9.13 Å². The molecule has 0 bridgehead atoms. The number of benzene rings is 4. The molecule has 228 valence electrons. The van der Waals surface area contributed by atoms with Crippen LogP contribution in [0.1, 0.15) is 0 Å². The number of pyridine rings is 2. The molecule has 0 saturated carbocycles. The first-order chi connectivity index (χ1) is 23.6. The minimum atomic E-state index is -3.60. The number of nitrogens with zero attached hydrogens (tertiary/aromatic N) is 4. The Morgan fingerprint density at radius 2 is 0.792 bits per heavy atom. The van der Waals surface area contributed by atoms with Crippen molar-refractivity contribution in [3.8, 4) is 0 Å². The Balaban J connectivity index is 1.33. The number of hydrogen-bond acceptors (Lipinski definition) is 4. The minimum Gasteiger partial charge on any atom is -0.307 e. The maximum atomic E-state index is 16.4. The standard InChI is InChI=1S/C40H26N4O2P2/c45-47(27-13-3-1-4-14-27)35-25-38(44-32-20-10-8-18-30(32)40-34(44)22-12-24-42-40)48(46,28-15-5-2-6-16-28)36(35)26-37(47)43-31-19-9-7-17-29(31)39-33(43)21-11-23-41-39/h1-26H. The van der Waals surface area contributed by atoms with Gasteiger partial charge in [0.1, 0.15) is 0 Å². The first-order valence-corrected chi connectivity index (χ1v) is 19.2. The molecule has 6 heterocycles. The van der Waals surface area contributed by atoms with E-state index in [1.807, 2.05) is 133 Å². The Morgan fingerprint density at radius 1 is 0.417 bits per heavy atom. The molecule has 2 atom stereocenters. The molecule has 8 aromatic rings. The largest absolute Gasteiger partial charge is 0.307 e. The molecular formula is C40H26N4O2P2. The highest BCUT2D eigenvalue weighted by Crippen LogP contribution is 2.80. The molecule has 0 fully saturated rings. The van der Waals surface area contributed by atoms with Gasteiger partial charge in [0.2, 0.25) is 0 Å². The number of aromatic nitrogens is 4. The van der Waals surface area contributed by atoms with Gasteiger partial charge in [-0.25, -0.2) is 0 Å². The van der Waals surface area contributed by atoms with Gasteiger partial charge in [-0.2, -0.15) is 0 Å². The molecular weight excluding hydrogens is 630 g/mol. The fourth-order valence-electron chi connectivity index (χ4n) is 7.62. The molecule has 2 aliphatic rings. The zero-order valence-corrected chi connectivity index (χ0v) is 27.3. The summed E-state index contributed by atoms with van der Waals surface area (Å²) in [6.45, 7) is 0. The lowest BCUT2D eigenvalue weighted by atomic mass is 10.2. The van der Waals surface area contributed by atoms with Crippen LogP contribution in [-0.2, 0) is 9.13 Å². The first-order valence-electron chi connectivity index (χ1n) is 15.8. The SMILES string of the molecule is O=P1(c2ccccc2)C(n2c3ccccc3c3ncccc32)=CC2=C1C=C(n1c3ccccc3c3ncccc31)P2(=O)c1ccccc1. The van der Waals surface area contributed by atoms with Gasteiger partial charge in [-0.15, -0.1) is 0 Å². The van der Waals surface area contributed by atoms with Crippen molar-refractivity contribution in [3.05, 3.63) is 169 Å². The first kappa shape index (κ1) is 27.6. The van der Waals surface area contributed by atoms with Crippen LogP contribution in [0.15, 0.2) is 169 Å². The van der Waals surface area contributed by atoms with Crippen LogP contribution in [0.4, 0.5) is 0 Å². The third-order valence-electron chi connectivity index (χ3n) is 9.67. The summed E-state index contributed by atoms with van der Waals surface area (Å²) in [6.07, 6.45) is 7.50. The zero-order valence-electron chi connectivity index (χ0n) is 25.5. The molecule has 48 heavy (non-hydrogen) atoms. The minimum absolute atomic E-state index is 0.607. The predicted molar refractivity (Wildman–Crippen MR) is 197 cm³/mol. The highest BCUT2D eigenvalue weighted by atomic mass is 31.2. The molecule has 0 aliphatic carbocycles. The molecule has 10 rings (SSSR count). The molecule has 8 heteroatoms. The van der Waals surface area contributed by atoms with E-state index in [0.717, 1.165) is 43.9 Å². The highest BCUT2D eigenvalue weighted by molar-refractivity contribution is 7.90. The Kier molecular flexibility index (Phi) is 5.73. The lowest BCUT2D eigenvalue weighted by Crippen LogP contribution is -2.10. The van der Waals surface area contributed by atoms with E-state index in [0.29, 0.717) is 32.1 Å². The topological polar surface area (TPSA) is 69.8 Å². The van der Waals surface area contributed by atoms with E-state index in [4.69, 9.17) is 9.97 Å². The van der Waals surface area contributed by atoms with Crippen molar-refractivity contribution in [1.29, 1.82) is 0 Å². The fourth-order valence-corrected chi connectivity index (χ4v) is 14.4. The van der Waals surface area contributed by atoms with E-state index in [9.17, 15) is 0 Å². The number of rotatable bonds is 4. The zero-order chi connectivity index (χ0) is 32.0. The second kappa shape index (κ2) is 9.98. The van der Waals surface area contributed by atoms with Crippen LogP contribution in [0.3, 0.4) is 0 Å². The molecule has 2 aliphatic heterocycles. The second-order valence-corrected chi connectivity index (χ2v) is 17.5. The van der Waals surface area contributed by atoms with Gasteiger partial charge in [0.05, 0.1) is 44.0 Å². The van der Waals surface area contributed by atoms with E-state index in [1.165, 1.54) is 0 Å². The molecule has 2 unspecified atom stereocenters. The van der Waals surface area contributed by atoms with Crippen LogP contribution in [0, 0.1) is 0 Å². The number of hydrogen-bond donors (Lipinski definition) is 0.